The third-order valence-corrected chi connectivity index (χ3v) is 2.45. The van der Waals surface area contributed by atoms with Gasteiger partial charge in [-0.2, -0.15) is 0 Å². The van der Waals surface area contributed by atoms with Crippen LogP contribution >= 0.6 is 27.5 Å². The van der Waals surface area contributed by atoms with Crippen LogP contribution in [-0.4, -0.2) is 9.97 Å². The highest BCUT2D eigenvalue weighted by atomic mass is 79.9. The fourth-order valence-corrected chi connectivity index (χ4v) is 1.69. The molecule has 2 rings (SSSR count). The van der Waals surface area contributed by atoms with Crippen molar-refractivity contribution < 1.29 is 0 Å². The minimum atomic E-state index is 0.454. The SMILES string of the molecule is Clc1cc(-c2cccc(Br)c2)ncn1. The highest BCUT2D eigenvalue weighted by Gasteiger charge is 2.00. The van der Waals surface area contributed by atoms with Gasteiger partial charge in [-0.1, -0.05) is 39.7 Å². The van der Waals surface area contributed by atoms with Gasteiger partial charge in [-0.3, -0.25) is 0 Å². The monoisotopic (exact) mass is 268 g/mol. The third-order valence-electron chi connectivity index (χ3n) is 1.75. The van der Waals surface area contributed by atoms with E-state index in [-0.39, 0.29) is 0 Å². The molecule has 0 saturated heterocycles. The Balaban J connectivity index is 2.49. The molecule has 0 radical (unpaired) electrons. The lowest BCUT2D eigenvalue weighted by molar-refractivity contribution is 1.17. The van der Waals surface area contributed by atoms with Gasteiger partial charge >= 0.3 is 0 Å². The zero-order chi connectivity index (χ0) is 9.97. The van der Waals surface area contributed by atoms with Crippen molar-refractivity contribution in [3.63, 3.8) is 0 Å². The molecule has 0 unspecified atom stereocenters. The standard InChI is InChI=1S/C10H6BrClN2/c11-8-3-1-2-7(4-8)9-5-10(12)14-6-13-9/h1-6H. The van der Waals surface area contributed by atoms with Crippen LogP contribution in [0.4, 0.5) is 0 Å². The van der Waals surface area contributed by atoms with Crippen LogP contribution in [0.15, 0.2) is 41.1 Å². The van der Waals surface area contributed by atoms with Gasteiger partial charge in [0.15, 0.2) is 0 Å². The molecule has 0 aliphatic carbocycles. The first kappa shape index (κ1) is 9.62. The lowest BCUT2D eigenvalue weighted by atomic mass is 10.1. The Morgan fingerprint density at radius 3 is 2.71 bits per heavy atom. The van der Waals surface area contributed by atoms with Gasteiger partial charge in [0.25, 0.3) is 0 Å². The van der Waals surface area contributed by atoms with Gasteiger partial charge < -0.3 is 0 Å². The fourth-order valence-electron chi connectivity index (χ4n) is 1.14. The van der Waals surface area contributed by atoms with Gasteiger partial charge in [0, 0.05) is 16.1 Å². The molecule has 4 heteroatoms. The molecule has 0 atom stereocenters. The maximum atomic E-state index is 5.77. The topological polar surface area (TPSA) is 25.8 Å². The van der Waals surface area contributed by atoms with E-state index in [2.05, 4.69) is 25.9 Å². The molecular formula is C10H6BrClN2. The van der Waals surface area contributed by atoms with Gasteiger partial charge in [0.1, 0.15) is 11.5 Å². The number of hydrogen-bond donors (Lipinski definition) is 0. The Labute approximate surface area is 95.1 Å². The predicted octanol–water partition coefficient (Wildman–Crippen LogP) is 3.56. The molecule has 0 fully saturated rings. The van der Waals surface area contributed by atoms with Crippen molar-refractivity contribution in [2.24, 2.45) is 0 Å². The Bertz CT molecular complexity index is 416. The first-order chi connectivity index (χ1) is 6.75. The summed E-state index contributed by atoms with van der Waals surface area (Å²) < 4.78 is 1.02. The van der Waals surface area contributed by atoms with E-state index in [1.54, 1.807) is 6.07 Å². The minimum Gasteiger partial charge on any atom is -0.236 e. The Morgan fingerprint density at radius 1 is 1.14 bits per heavy atom. The number of aromatic nitrogens is 2. The predicted molar refractivity (Wildman–Crippen MR) is 60.2 cm³/mol. The average Bonchev–Trinajstić information content (AvgIpc) is 2.18. The van der Waals surface area contributed by atoms with E-state index in [1.165, 1.54) is 6.33 Å². The van der Waals surface area contributed by atoms with Crippen LogP contribution in [0.5, 0.6) is 0 Å². The lowest BCUT2D eigenvalue weighted by Crippen LogP contribution is -1.85. The summed E-state index contributed by atoms with van der Waals surface area (Å²) in [4.78, 5) is 7.96. The second kappa shape index (κ2) is 4.07. The Hall–Kier alpha value is -0.930. The van der Waals surface area contributed by atoms with Crippen LogP contribution in [0.1, 0.15) is 0 Å². The molecule has 70 valence electrons. The molecule has 0 amide bonds. The van der Waals surface area contributed by atoms with Crippen molar-refractivity contribution in [3.05, 3.63) is 46.3 Å². The van der Waals surface area contributed by atoms with Crippen LogP contribution in [0.2, 0.25) is 5.15 Å². The quantitative estimate of drug-likeness (QED) is 0.740. The maximum Gasteiger partial charge on any atom is 0.133 e. The summed E-state index contributed by atoms with van der Waals surface area (Å²) in [5.41, 5.74) is 1.84. The molecule has 14 heavy (non-hydrogen) atoms. The van der Waals surface area contributed by atoms with Crippen LogP contribution in [0, 0.1) is 0 Å². The number of nitrogens with zero attached hydrogens (tertiary/aromatic N) is 2. The van der Waals surface area contributed by atoms with Crippen molar-refractivity contribution >= 4 is 27.5 Å². The Kier molecular flexibility index (Phi) is 2.79. The summed E-state index contributed by atoms with van der Waals surface area (Å²) in [7, 11) is 0. The molecule has 2 aromatic rings. The highest BCUT2D eigenvalue weighted by molar-refractivity contribution is 9.10. The molecule has 1 aromatic heterocycles. The third kappa shape index (κ3) is 2.11. The minimum absolute atomic E-state index is 0.454. The first-order valence-corrected chi connectivity index (χ1v) is 5.16. The number of benzene rings is 1. The summed E-state index contributed by atoms with van der Waals surface area (Å²) in [5, 5.41) is 0.454. The van der Waals surface area contributed by atoms with Crippen LogP contribution in [-0.2, 0) is 0 Å². The molecule has 1 aromatic carbocycles. The van der Waals surface area contributed by atoms with E-state index < -0.39 is 0 Å². The second-order valence-corrected chi connectivity index (χ2v) is 4.04. The molecule has 0 spiro atoms. The molecular weight excluding hydrogens is 263 g/mol. The summed E-state index contributed by atoms with van der Waals surface area (Å²) >= 11 is 9.17. The fraction of sp³-hybridized carbons (Fsp3) is 0. The molecule has 2 nitrogen and oxygen atoms in total. The zero-order valence-electron chi connectivity index (χ0n) is 7.11. The lowest BCUT2D eigenvalue weighted by Gasteiger charge is -2.00. The van der Waals surface area contributed by atoms with Crippen molar-refractivity contribution in [2.45, 2.75) is 0 Å². The Morgan fingerprint density at radius 2 is 2.00 bits per heavy atom. The number of hydrogen-bond acceptors (Lipinski definition) is 2. The van der Waals surface area contributed by atoms with E-state index in [0.717, 1.165) is 15.7 Å². The summed E-state index contributed by atoms with van der Waals surface area (Å²) in [6, 6.07) is 9.62. The van der Waals surface area contributed by atoms with E-state index in [1.807, 2.05) is 24.3 Å². The molecule has 0 aliphatic heterocycles. The van der Waals surface area contributed by atoms with E-state index in [9.17, 15) is 0 Å². The van der Waals surface area contributed by atoms with Crippen molar-refractivity contribution in [2.75, 3.05) is 0 Å². The molecule has 0 aliphatic rings. The van der Waals surface area contributed by atoms with E-state index in [0.29, 0.717) is 5.15 Å². The van der Waals surface area contributed by atoms with Gasteiger partial charge in [-0.05, 0) is 12.1 Å². The summed E-state index contributed by atoms with van der Waals surface area (Å²) in [6.45, 7) is 0. The molecule has 0 saturated carbocycles. The van der Waals surface area contributed by atoms with E-state index in [4.69, 9.17) is 11.6 Å². The number of rotatable bonds is 1. The molecule has 0 bridgehead atoms. The van der Waals surface area contributed by atoms with Crippen molar-refractivity contribution in [3.8, 4) is 11.3 Å². The highest BCUT2D eigenvalue weighted by Crippen LogP contribution is 2.22. The van der Waals surface area contributed by atoms with Gasteiger partial charge in [-0.15, -0.1) is 0 Å². The second-order valence-electron chi connectivity index (χ2n) is 2.74. The molecule has 0 N–H and O–H groups in total. The first-order valence-electron chi connectivity index (χ1n) is 3.99. The zero-order valence-corrected chi connectivity index (χ0v) is 9.46. The van der Waals surface area contributed by atoms with Crippen LogP contribution in [0.25, 0.3) is 11.3 Å². The normalized spacial score (nSPS) is 10.1. The smallest absolute Gasteiger partial charge is 0.133 e. The van der Waals surface area contributed by atoms with Crippen molar-refractivity contribution in [1.29, 1.82) is 0 Å². The average molecular weight is 270 g/mol. The number of halogens is 2. The summed E-state index contributed by atoms with van der Waals surface area (Å²) in [6.07, 6.45) is 1.46. The largest absolute Gasteiger partial charge is 0.236 e. The van der Waals surface area contributed by atoms with Crippen molar-refractivity contribution in [1.82, 2.24) is 9.97 Å². The van der Waals surface area contributed by atoms with Crippen LogP contribution in [0.3, 0.4) is 0 Å². The van der Waals surface area contributed by atoms with Gasteiger partial charge in [0.05, 0.1) is 5.69 Å². The van der Waals surface area contributed by atoms with E-state index >= 15 is 0 Å². The van der Waals surface area contributed by atoms with Crippen LogP contribution < -0.4 is 0 Å². The summed E-state index contributed by atoms with van der Waals surface area (Å²) in [5.74, 6) is 0. The van der Waals surface area contributed by atoms with Gasteiger partial charge in [0.2, 0.25) is 0 Å². The molecule has 1 heterocycles. The maximum absolute atomic E-state index is 5.77. The van der Waals surface area contributed by atoms with Gasteiger partial charge in [-0.25, -0.2) is 9.97 Å².